The second kappa shape index (κ2) is 10.6. The first-order chi connectivity index (χ1) is 18.3. The molecule has 0 aliphatic heterocycles. The van der Waals surface area contributed by atoms with E-state index in [1.165, 1.54) is 34.5 Å². The van der Waals surface area contributed by atoms with Crippen molar-refractivity contribution < 1.29 is 43.5 Å². The third-order valence-electron chi connectivity index (χ3n) is 6.25. The zero-order valence-electron chi connectivity index (χ0n) is 21.1. The summed E-state index contributed by atoms with van der Waals surface area (Å²) in [5, 5.41) is 32.0. The highest BCUT2D eigenvalue weighted by molar-refractivity contribution is 5.94. The molecule has 1 atom stereocenters. The molecule has 0 bridgehead atoms. The summed E-state index contributed by atoms with van der Waals surface area (Å²) < 4.78 is 27.4. The Morgan fingerprint density at radius 1 is 0.868 bits per heavy atom. The van der Waals surface area contributed by atoms with Crippen LogP contribution in [0.4, 0.5) is 0 Å². The van der Waals surface area contributed by atoms with Crippen molar-refractivity contribution in [3.05, 3.63) is 69.9 Å². The first kappa shape index (κ1) is 26.2. The number of phenols is 3. The highest BCUT2D eigenvalue weighted by Crippen LogP contribution is 2.52. The van der Waals surface area contributed by atoms with Crippen molar-refractivity contribution in [1.82, 2.24) is 0 Å². The van der Waals surface area contributed by atoms with Crippen LogP contribution in [0, 0.1) is 0 Å². The van der Waals surface area contributed by atoms with Gasteiger partial charge >= 0.3 is 5.97 Å². The molecule has 1 heterocycles. The van der Waals surface area contributed by atoms with E-state index in [9.17, 15) is 24.9 Å². The number of benzene rings is 3. The zero-order chi connectivity index (χ0) is 27.6. The first-order valence-electron chi connectivity index (χ1n) is 11.4. The molecule has 0 fully saturated rings. The minimum absolute atomic E-state index is 0.138. The Morgan fingerprint density at radius 3 is 2.16 bits per heavy atom. The largest absolute Gasteiger partial charge is 0.504 e. The minimum Gasteiger partial charge on any atom is -0.504 e. The lowest BCUT2D eigenvalue weighted by Crippen LogP contribution is -2.14. The molecule has 1 aromatic heterocycles. The van der Waals surface area contributed by atoms with E-state index >= 15 is 0 Å². The predicted molar refractivity (Wildman–Crippen MR) is 137 cm³/mol. The van der Waals surface area contributed by atoms with Gasteiger partial charge in [-0.15, -0.1) is 0 Å². The lowest BCUT2D eigenvalue weighted by atomic mass is 9.85. The summed E-state index contributed by atoms with van der Waals surface area (Å²) in [5.41, 5.74) is -0.158. The van der Waals surface area contributed by atoms with Gasteiger partial charge in [-0.1, -0.05) is 36.4 Å². The number of rotatable bonds is 8. The number of hydrogen-bond donors (Lipinski definition) is 3. The molecule has 0 aliphatic carbocycles. The number of esters is 1. The van der Waals surface area contributed by atoms with Gasteiger partial charge in [0.15, 0.2) is 28.4 Å². The SMILES string of the molecule is COC(=O)C[C@H](c1ccc(OC)c(OC)c1OC)c1c(O)c(O)c(O)c2c(=O)cc(-c3ccccc3)oc12. The monoisotopic (exact) mass is 522 g/mol. The van der Waals surface area contributed by atoms with Crippen LogP contribution in [0.15, 0.2) is 57.7 Å². The summed E-state index contributed by atoms with van der Waals surface area (Å²) in [6.07, 6.45) is -0.367. The van der Waals surface area contributed by atoms with Crippen LogP contribution in [0.1, 0.15) is 23.5 Å². The van der Waals surface area contributed by atoms with E-state index in [0.717, 1.165) is 0 Å². The summed E-state index contributed by atoms with van der Waals surface area (Å²) in [4.78, 5) is 25.8. The third kappa shape index (κ3) is 4.40. The van der Waals surface area contributed by atoms with Crippen LogP contribution in [-0.2, 0) is 9.53 Å². The Hall–Kier alpha value is -4.86. The average Bonchev–Trinajstić information content (AvgIpc) is 2.94. The molecule has 198 valence electrons. The molecule has 4 rings (SSSR count). The molecule has 3 aromatic carbocycles. The summed E-state index contributed by atoms with van der Waals surface area (Å²) in [5.74, 6) is -3.49. The average molecular weight is 523 g/mol. The van der Waals surface area contributed by atoms with Crippen LogP contribution in [0.2, 0.25) is 0 Å². The Kier molecular flexibility index (Phi) is 7.33. The smallest absolute Gasteiger partial charge is 0.306 e. The molecule has 0 unspecified atom stereocenters. The number of carbonyl (C=O) groups excluding carboxylic acids is 1. The van der Waals surface area contributed by atoms with Crippen molar-refractivity contribution >= 4 is 16.9 Å². The number of hydrogen-bond acceptors (Lipinski definition) is 10. The second-order valence-electron chi connectivity index (χ2n) is 8.26. The number of carbonyl (C=O) groups is 1. The Bertz CT molecular complexity index is 1560. The van der Waals surface area contributed by atoms with Gasteiger partial charge in [-0.2, -0.15) is 0 Å². The van der Waals surface area contributed by atoms with Gasteiger partial charge in [0.25, 0.3) is 0 Å². The Balaban J connectivity index is 2.14. The molecule has 38 heavy (non-hydrogen) atoms. The van der Waals surface area contributed by atoms with E-state index in [1.807, 2.05) is 0 Å². The fourth-order valence-electron chi connectivity index (χ4n) is 4.46. The fourth-order valence-corrected chi connectivity index (χ4v) is 4.46. The first-order valence-corrected chi connectivity index (χ1v) is 11.4. The molecule has 0 amide bonds. The normalized spacial score (nSPS) is 11.7. The van der Waals surface area contributed by atoms with Crippen LogP contribution in [0.5, 0.6) is 34.5 Å². The zero-order valence-corrected chi connectivity index (χ0v) is 21.1. The Morgan fingerprint density at radius 2 is 1.55 bits per heavy atom. The summed E-state index contributed by atoms with van der Waals surface area (Å²) in [6, 6.07) is 13.1. The minimum atomic E-state index is -1.10. The van der Waals surface area contributed by atoms with Crippen molar-refractivity contribution in [2.24, 2.45) is 0 Å². The summed E-state index contributed by atoms with van der Waals surface area (Å²) in [6.45, 7) is 0. The molecule has 0 aliphatic rings. The number of ether oxygens (including phenoxy) is 4. The van der Waals surface area contributed by atoms with E-state index in [1.54, 1.807) is 42.5 Å². The summed E-state index contributed by atoms with van der Waals surface area (Å²) in [7, 11) is 5.44. The maximum absolute atomic E-state index is 13.2. The van der Waals surface area contributed by atoms with E-state index in [0.29, 0.717) is 16.9 Å². The molecular weight excluding hydrogens is 496 g/mol. The van der Waals surface area contributed by atoms with Crippen molar-refractivity contribution in [2.75, 3.05) is 28.4 Å². The molecule has 0 spiro atoms. The summed E-state index contributed by atoms with van der Waals surface area (Å²) >= 11 is 0. The van der Waals surface area contributed by atoms with Gasteiger partial charge in [-0.25, -0.2) is 0 Å². The molecule has 4 aromatic rings. The van der Waals surface area contributed by atoms with Crippen molar-refractivity contribution in [3.8, 4) is 45.8 Å². The highest BCUT2D eigenvalue weighted by atomic mass is 16.5. The van der Waals surface area contributed by atoms with Gasteiger partial charge in [0.2, 0.25) is 11.5 Å². The van der Waals surface area contributed by atoms with Crippen LogP contribution in [-0.4, -0.2) is 49.7 Å². The van der Waals surface area contributed by atoms with E-state index in [4.69, 9.17) is 23.4 Å². The maximum Gasteiger partial charge on any atom is 0.306 e. The van der Waals surface area contributed by atoms with Crippen molar-refractivity contribution in [2.45, 2.75) is 12.3 Å². The molecular formula is C28H26O10. The quantitative estimate of drug-likeness (QED) is 0.226. The van der Waals surface area contributed by atoms with Crippen LogP contribution >= 0.6 is 0 Å². The standard InChI is InChI=1S/C28H26O10/c1-34-18-11-10-15(26(36-3)27(18)37-4)16(12-20(30)35-2)21-23(31)25(33)24(32)22-17(29)13-19(38-28(21)22)14-8-6-5-7-9-14/h5-11,13,16,31-33H,12H2,1-4H3/t16-/m1/s1. The number of fused-ring (bicyclic) bond motifs is 1. The lowest BCUT2D eigenvalue weighted by Gasteiger charge is -2.24. The van der Waals surface area contributed by atoms with Crippen molar-refractivity contribution in [3.63, 3.8) is 0 Å². The molecule has 0 saturated heterocycles. The molecule has 3 N–H and O–H groups in total. The van der Waals surface area contributed by atoms with E-state index < -0.39 is 34.6 Å². The third-order valence-corrected chi connectivity index (χ3v) is 6.25. The maximum atomic E-state index is 13.2. The fraction of sp³-hybridized carbons (Fsp3) is 0.214. The van der Waals surface area contributed by atoms with Crippen LogP contribution in [0.25, 0.3) is 22.3 Å². The molecule has 0 radical (unpaired) electrons. The second-order valence-corrected chi connectivity index (χ2v) is 8.26. The predicted octanol–water partition coefficient (Wildman–Crippen LogP) is 4.30. The number of aromatic hydroxyl groups is 3. The number of phenolic OH excluding ortho intramolecular Hbond substituents is 3. The van der Waals surface area contributed by atoms with Gasteiger partial charge in [0, 0.05) is 28.7 Å². The lowest BCUT2D eigenvalue weighted by molar-refractivity contribution is -0.140. The molecule has 10 nitrogen and oxygen atoms in total. The molecule has 10 heteroatoms. The van der Waals surface area contributed by atoms with E-state index in [-0.39, 0.29) is 40.2 Å². The highest BCUT2D eigenvalue weighted by Gasteiger charge is 2.34. The topological polar surface area (TPSA) is 145 Å². The number of methoxy groups -OCH3 is 4. The molecule has 0 saturated carbocycles. The van der Waals surface area contributed by atoms with Crippen molar-refractivity contribution in [1.29, 1.82) is 0 Å². The van der Waals surface area contributed by atoms with Crippen LogP contribution < -0.4 is 19.6 Å². The van der Waals surface area contributed by atoms with Gasteiger partial charge in [-0.05, 0) is 6.07 Å². The van der Waals surface area contributed by atoms with Gasteiger partial charge in [0.05, 0.1) is 34.9 Å². The van der Waals surface area contributed by atoms with Gasteiger partial charge < -0.3 is 38.7 Å². The van der Waals surface area contributed by atoms with Gasteiger partial charge in [0.1, 0.15) is 16.7 Å². The van der Waals surface area contributed by atoms with Gasteiger partial charge in [-0.3, -0.25) is 9.59 Å². The Labute approximate surface area is 217 Å². The van der Waals surface area contributed by atoms with E-state index in [2.05, 4.69) is 0 Å². The van der Waals surface area contributed by atoms with Crippen LogP contribution in [0.3, 0.4) is 0 Å².